The van der Waals surface area contributed by atoms with Gasteiger partial charge in [0.15, 0.2) is 0 Å². The summed E-state index contributed by atoms with van der Waals surface area (Å²) >= 11 is 0. The van der Waals surface area contributed by atoms with Gasteiger partial charge in [0, 0.05) is 5.41 Å². The van der Waals surface area contributed by atoms with Gasteiger partial charge in [-0.05, 0) is 115 Å². The minimum absolute atomic E-state index is 0.158. The maximum atomic E-state index is 2.55. The van der Waals surface area contributed by atoms with Gasteiger partial charge in [0.2, 0.25) is 0 Å². The molecule has 0 amide bonds. The Bertz CT molecular complexity index is 2010. The lowest BCUT2D eigenvalue weighted by atomic mass is 9.66. The fourth-order valence-corrected chi connectivity index (χ4v) is 9.08. The molecule has 0 aromatic heterocycles. The van der Waals surface area contributed by atoms with Gasteiger partial charge in [0.25, 0.3) is 0 Å². The molecule has 0 bridgehead atoms. The third-order valence-electron chi connectivity index (χ3n) is 11.0. The molecule has 0 heterocycles. The summed E-state index contributed by atoms with van der Waals surface area (Å²) < 4.78 is 0. The van der Waals surface area contributed by atoms with Gasteiger partial charge in [-0.15, -0.1) is 0 Å². The molecular weight excluding hydrogens is 528 g/mol. The van der Waals surface area contributed by atoms with E-state index in [9.17, 15) is 0 Å². The molecule has 0 heteroatoms. The first-order valence-electron chi connectivity index (χ1n) is 16.2. The molecule has 0 fully saturated rings. The number of hydrogen-bond donors (Lipinski definition) is 0. The largest absolute Gasteiger partial charge is 0.0619 e. The van der Waals surface area contributed by atoms with Crippen molar-refractivity contribution in [3.63, 3.8) is 0 Å². The van der Waals surface area contributed by atoms with Crippen LogP contribution in [0, 0.1) is 0 Å². The Morgan fingerprint density at radius 1 is 0.455 bits per heavy atom. The van der Waals surface area contributed by atoms with Crippen LogP contribution in [-0.4, -0.2) is 0 Å². The van der Waals surface area contributed by atoms with Crippen molar-refractivity contribution in [2.45, 2.75) is 50.9 Å². The van der Waals surface area contributed by atoms with Crippen LogP contribution in [-0.2, 0) is 24.7 Å². The fourth-order valence-electron chi connectivity index (χ4n) is 9.08. The van der Waals surface area contributed by atoms with Crippen LogP contribution >= 0.6 is 0 Å². The zero-order chi connectivity index (χ0) is 29.4. The first-order valence-corrected chi connectivity index (χ1v) is 16.2. The third-order valence-corrected chi connectivity index (χ3v) is 11.0. The summed E-state index contributed by atoms with van der Waals surface area (Å²) in [7, 11) is 0. The summed E-state index contributed by atoms with van der Waals surface area (Å²) in [5.41, 5.74) is 21.8. The second-order valence-electron chi connectivity index (χ2n) is 13.5. The highest BCUT2D eigenvalue weighted by molar-refractivity contribution is 5.82. The number of fused-ring (bicyclic) bond motifs is 9. The van der Waals surface area contributed by atoms with E-state index in [4.69, 9.17) is 0 Å². The summed E-state index contributed by atoms with van der Waals surface area (Å²) in [4.78, 5) is 0. The Morgan fingerprint density at radius 3 is 1.34 bits per heavy atom. The van der Waals surface area contributed by atoms with Crippen molar-refractivity contribution in [1.29, 1.82) is 0 Å². The first-order chi connectivity index (χ1) is 21.6. The van der Waals surface area contributed by atoms with Crippen molar-refractivity contribution in [2.24, 2.45) is 0 Å². The van der Waals surface area contributed by atoms with Crippen molar-refractivity contribution >= 4 is 0 Å². The van der Waals surface area contributed by atoms with Crippen molar-refractivity contribution in [2.75, 3.05) is 0 Å². The third kappa shape index (κ3) is 3.70. The Balaban J connectivity index is 1.22. The SMILES string of the molecule is CC(CC(C)(c1cccc2c1Cc1ccccc1-2)c1cccc2c1Cc1ccccc1-2)c1cccc2c1Cc1ccccc1-2. The van der Waals surface area contributed by atoms with E-state index < -0.39 is 0 Å². The summed E-state index contributed by atoms with van der Waals surface area (Å²) in [6, 6.07) is 48.3. The maximum absolute atomic E-state index is 2.55. The average molecular weight is 565 g/mol. The lowest BCUT2D eigenvalue weighted by Crippen LogP contribution is -2.29. The van der Waals surface area contributed by atoms with Gasteiger partial charge in [-0.1, -0.05) is 141 Å². The van der Waals surface area contributed by atoms with E-state index in [1.807, 2.05) is 0 Å². The van der Waals surface area contributed by atoms with E-state index in [2.05, 4.69) is 141 Å². The van der Waals surface area contributed by atoms with Crippen LogP contribution in [0.15, 0.2) is 127 Å². The van der Waals surface area contributed by atoms with E-state index >= 15 is 0 Å². The predicted molar refractivity (Wildman–Crippen MR) is 184 cm³/mol. The van der Waals surface area contributed by atoms with Crippen LogP contribution < -0.4 is 0 Å². The molecule has 1 unspecified atom stereocenters. The van der Waals surface area contributed by atoms with Gasteiger partial charge in [-0.3, -0.25) is 0 Å². The second kappa shape index (κ2) is 9.66. The minimum atomic E-state index is -0.158. The smallest absolute Gasteiger partial charge is 0.0186 e. The molecule has 0 radical (unpaired) electrons. The zero-order valence-electron chi connectivity index (χ0n) is 25.5. The quantitative estimate of drug-likeness (QED) is 0.195. The van der Waals surface area contributed by atoms with Crippen LogP contribution in [0.4, 0.5) is 0 Å². The lowest BCUT2D eigenvalue weighted by molar-refractivity contribution is 0.466. The van der Waals surface area contributed by atoms with Crippen LogP contribution in [0.1, 0.15) is 76.3 Å². The molecule has 6 aromatic carbocycles. The van der Waals surface area contributed by atoms with Crippen molar-refractivity contribution in [1.82, 2.24) is 0 Å². The second-order valence-corrected chi connectivity index (χ2v) is 13.5. The molecule has 6 aromatic rings. The monoisotopic (exact) mass is 564 g/mol. The molecule has 1 atom stereocenters. The summed E-state index contributed by atoms with van der Waals surface area (Å²) in [5, 5.41) is 0. The van der Waals surface area contributed by atoms with E-state index in [1.165, 1.54) is 83.5 Å². The van der Waals surface area contributed by atoms with Crippen LogP contribution in [0.2, 0.25) is 0 Å². The van der Waals surface area contributed by atoms with E-state index in [0.717, 1.165) is 25.7 Å². The van der Waals surface area contributed by atoms with Crippen molar-refractivity contribution in [3.05, 3.63) is 177 Å². The maximum Gasteiger partial charge on any atom is 0.0186 e. The molecule has 9 rings (SSSR count). The molecule has 3 aliphatic rings. The molecule has 0 spiro atoms. The van der Waals surface area contributed by atoms with Gasteiger partial charge in [0.1, 0.15) is 0 Å². The van der Waals surface area contributed by atoms with Gasteiger partial charge in [0.05, 0.1) is 0 Å². The summed E-state index contributed by atoms with van der Waals surface area (Å²) in [5.74, 6) is 0.392. The molecule has 212 valence electrons. The van der Waals surface area contributed by atoms with Crippen molar-refractivity contribution in [3.8, 4) is 33.4 Å². The first kappa shape index (κ1) is 25.8. The number of rotatable bonds is 5. The highest BCUT2D eigenvalue weighted by Crippen LogP contribution is 2.52. The molecule has 0 N–H and O–H groups in total. The molecule has 3 aliphatic carbocycles. The van der Waals surface area contributed by atoms with Crippen LogP contribution in [0.3, 0.4) is 0 Å². The minimum Gasteiger partial charge on any atom is -0.0619 e. The molecule has 0 saturated heterocycles. The highest BCUT2D eigenvalue weighted by atomic mass is 14.4. The molecule has 0 aliphatic heterocycles. The fraction of sp³-hybridized carbons (Fsp3) is 0.182. The summed E-state index contributed by atoms with van der Waals surface area (Å²) in [6.45, 7) is 5.03. The van der Waals surface area contributed by atoms with Gasteiger partial charge >= 0.3 is 0 Å². The Morgan fingerprint density at radius 2 is 0.841 bits per heavy atom. The average Bonchev–Trinajstić information content (AvgIpc) is 3.75. The van der Waals surface area contributed by atoms with Crippen LogP contribution in [0.25, 0.3) is 33.4 Å². The van der Waals surface area contributed by atoms with Crippen molar-refractivity contribution < 1.29 is 0 Å². The predicted octanol–water partition coefficient (Wildman–Crippen LogP) is 10.9. The zero-order valence-corrected chi connectivity index (χ0v) is 25.5. The standard InChI is InChI=1S/C44H36/c1-28(32-18-9-19-36-33-15-6-3-12-29(33)24-39(32)36)27-44(2,42-22-10-20-37-34-16-7-4-13-30(34)25-40(37)42)43-23-11-21-38-35-17-8-5-14-31(35)26-41(38)43/h3-23,28H,24-27H2,1-2H3. The normalized spacial score (nSPS) is 14.3. The molecule has 0 saturated carbocycles. The van der Waals surface area contributed by atoms with Gasteiger partial charge in [-0.25, -0.2) is 0 Å². The van der Waals surface area contributed by atoms with E-state index in [-0.39, 0.29) is 5.41 Å². The van der Waals surface area contributed by atoms with Gasteiger partial charge < -0.3 is 0 Å². The lowest BCUT2D eigenvalue weighted by Gasteiger charge is -2.37. The Kier molecular flexibility index (Phi) is 5.66. The molecular formula is C44H36. The Hall–Kier alpha value is -4.68. The molecule has 0 nitrogen and oxygen atoms in total. The van der Waals surface area contributed by atoms with E-state index in [0.29, 0.717) is 5.92 Å². The van der Waals surface area contributed by atoms with E-state index in [1.54, 1.807) is 0 Å². The molecule has 44 heavy (non-hydrogen) atoms. The summed E-state index contributed by atoms with van der Waals surface area (Å²) in [6.07, 6.45) is 4.11. The van der Waals surface area contributed by atoms with Gasteiger partial charge in [-0.2, -0.15) is 0 Å². The van der Waals surface area contributed by atoms with Crippen LogP contribution in [0.5, 0.6) is 0 Å². The Labute approximate surface area is 261 Å². The number of hydrogen-bond acceptors (Lipinski definition) is 0. The number of benzene rings is 6. The topological polar surface area (TPSA) is 0 Å². The highest BCUT2D eigenvalue weighted by Gasteiger charge is 2.39.